The van der Waals surface area contributed by atoms with E-state index in [4.69, 9.17) is 10.4 Å². The number of nitriles is 1. The Morgan fingerprint density at radius 1 is 1.69 bits per heavy atom. The van der Waals surface area contributed by atoms with Crippen LogP contribution >= 0.6 is 0 Å². The summed E-state index contributed by atoms with van der Waals surface area (Å²) in [5.74, 6) is -1.16. The molecule has 4 heteroatoms. The summed E-state index contributed by atoms with van der Waals surface area (Å²) < 4.78 is 0. The lowest BCUT2D eigenvalue weighted by Gasteiger charge is -2.13. The maximum Gasteiger partial charge on any atom is 0.346 e. The van der Waals surface area contributed by atoms with Crippen molar-refractivity contribution in [3.05, 3.63) is 23.9 Å². The molecule has 0 aromatic carbocycles. The van der Waals surface area contributed by atoms with Gasteiger partial charge in [-0.05, 0) is 6.04 Å². The summed E-state index contributed by atoms with van der Waals surface area (Å²) in [6, 6.07) is 2.29. The zero-order valence-electron chi connectivity index (χ0n) is 7.87. The molecule has 0 atom stereocenters. The maximum absolute atomic E-state index is 10.4. The molecule has 0 aromatic rings. The van der Waals surface area contributed by atoms with E-state index >= 15 is 0 Å². The molecule has 0 saturated carbocycles. The van der Waals surface area contributed by atoms with Crippen LogP contribution in [0.4, 0.5) is 0 Å². The van der Waals surface area contributed by atoms with E-state index in [0.717, 1.165) is 0 Å². The predicted octanol–water partition coefficient (Wildman–Crippen LogP) is 1.95. The van der Waals surface area contributed by atoms with Crippen molar-refractivity contribution in [3.63, 3.8) is 0 Å². The summed E-state index contributed by atoms with van der Waals surface area (Å²) >= 11 is 0. The van der Waals surface area contributed by atoms with E-state index in [0.29, 0.717) is 6.04 Å². The lowest BCUT2D eigenvalue weighted by atomic mass is 10.3. The molecular weight excluding hydrogens is 182 g/mol. The highest BCUT2D eigenvalue weighted by atomic mass is 28.3. The number of carboxylic acids is 1. The highest BCUT2D eigenvalue weighted by Crippen LogP contribution is 2.12. The molecule has 0 rings (SSSR count). The first-order valence-electron chi connectivity index (χ1n) is 3.90. The Hall–Kier alpha value is -1.34. The van der Waals surface area contributed by atoms with Crippen molar-refractivity contribution < 1.29 is 9.90 Å². The van der Waals surface area contributed by atoms with Gasteiger partial charge in [-0.2, -0.15) is 5.26 Å². The van der Waals surface area contributed by atoms with E-state index < -0.39 is 14.0 Å². The summed E-state index contributed by atoms with van der Waals surface area (Å²) in [5, 5.41) is 17.0. The smallest absolute Gasteiger partial charge is 0.346 e. The lowest BCUT2D eigenvalue weighted by molar-refractivity contribution is -0.132. The Balaban J connectivity index is 4.51. The van der Waals surface area contributed by atoms with Gasteiger partial charge in [0.05, 0.1) is 8.07 Å². The normalized spacial score (nSPS) is 11.9. The third kappa shape index (κ3) is 4.28. The largest absolute Gasteiger partial charge is 0.477 e. The fourth-order valence-corrected chi connectivity index (χ4v) is 1.53. The Morgan fingerprint density at radius 2 is 2.23 bits per heavy atom. The lowest BCUT2D eigenvalue weighted by Crippen LogP contribution is -2.20. The van der Waals surface area contributed by atoms with Crippen molar-refractivity contribution in [1.82, 2.24) is 0 Å². The molecule has 0 spiro atoms. The van der Waals surface area contributed by atoms with Crippen LogP contribution in [0.1, 0.15) is 0 Å². The molecule has 3 nitrogen and oxygen atoms in total. The Morgan fingerprint density at radius 3 is 2.54 bits per heavy atom. The second kappa shape index (κ2) is 4.63. The summed E-state index contributed by atoms with van der Waals surface area (Å²) in [6.07, 6.45) is 1.48. The summed E-state index contributed by atoms with van der Waals surface area (Å²) in [4.78, 5) is 10.4. The van der Waals surface area contributed by atoms with Crippen LogP contribution in [0.5, 0.6) is 0 Å². The molecule has 0 bridgehead atoms. The minimum absolute atomic E-state index is 0.178. The molecule has 0 fully saturated rings. The minimum Gasteiger partial charge on any atom is -0.477 e. The van der Waals surface area contributed by atoms with E-state index in [1.165, 1.54) is 6.08 Å². The highest BCUT2D eigenvalue weighted by Gasteiger charge is 2.15. The van der Waals surface area contributed by atoms with Crippen LogP contribution in [-0.2, 0) is 4.79 Å². The van der Waals surface area contributed by atoms with Gasteiger partial charge in [0.1, 0.15) is 11.6 Å². The molecule has 0 saturated heterocycles. The summed E-state index contributed by atoms with van der Waals surface area (Å²) in [6.45, 7) is 7.81. The zero-order valence-corrected chi connectivity index (χ0v) is 8.87. The first kappa shape index (κ1) is 11.7. The number of rotatable bonds is 4. The van der Waals surface area contributed by atoms with Gasteiger partial charge in [-0.3, -0.25) is 0 Å². The monoisotopic (exact) mass is 195 g/mol. The van der Waals surface area contributed by atoms with Crippen LogP contribution in [0.3, 0.4) is 0 Å². The Bertz CT molecular complexity index is 286. The molecule has 0 aliphatic heterocycles. The van der Waals surface area contributed by atoms with Crippen LogP contribution < -0.4 is 0 Å². The highest BCUT2D eigenvalue weighted by molar-refractivity contribution is 6.82. The maximum atomic E-state index is 10.4. The van der Waals surface area contributed by atoms with Crippen LogP contribution in [0.2, 0.25) is 19.1 Å². The van der Waals surface area contributed by atoms with Crippen LogP contribution in [0.25, 0.3) is 0 Å². The van der Waals surface area contributed by atoms with Gasteiger partial charge in [-0.25, -0.2) is 4.79 Å². The quantitative estimate of drug-likeness (QED) is 0.424. The topological polar surface area (TPSA) is 61.1 Å². The first-order valence-corrected chi connectivity index (χ1v) is 7.18. The first-order chi connectivity index (χ1) is 5.93. The van der Waals surface area contributed by atoms with Crippen molar-refractivity contribution >= 4 is 14.0 Å². The molecule has 0 heterocycles. The minimum atomic E-state index is -1.53. The number of hydrogen-bond acceptors (Lipinski definition) is 2. The Labute approximate surface area is 79.0 Å². The van der Waals surface area contributed by atoms with Gasteiger partial charge in [-0.15, -0.1) is 12.3 Å². The van der Waals surface area contributed by atoms with Gasteiger partial charge in [0.25, 0.3) is 0 Å². The molecule has 0 aliphatic rings. The van der Waals surface area contributed by atoms with Gasteiger partial charge in [-0.1, -0.05) is 19.2 Å². The van der Waals surface area contributed by atoms with E-state index in [9.17, 15) is 4.79 Å². The van der Waals surface area contributed by atoms with Crippen LogP contribution in [0, 0.1) is 11.3 Å². The predicted molar refractivity (Wildman–Crippen MR) is 53.8 cm³/mol. The van der Waals surface area contributed by atoms with Gasteiger partial charge in [0.15, 0.2) is 0 Å². The average Bonchev–Trinajstić information content (AvgIpc) is 2.05. The van der Waals surface area contributed by atoms with Gasteiger partial charge >= 0.3 is 5.97 Å². The van der Waals surface area contributed by atoms with Crippen molar-refractivity contribution in [2.45, 2.75) is 19.1 Å². The number of carboxylic acid groups (broad SMARTS) is 1. The van der Waals surface area contributed by atoms with Crippen molar-refractivity contribution in [3.8, 4) is 6.07 Å². The van der Waals surface area contributed by atoms with Gasteiger partial charge in [0, 0.05) is 0 Å². The molecule has 0 unspecified atom stereocenters. The molecule has 0 aliphatic carbocycles. The second-order valence-corrected chi connectivity index (χ2v) is 8.23. The zero-order chi connectivity index (χ0) is 10.5. The number of allylic oxidation sites excluding steroid dienone is 1. The molecular formula is C9H13NO2Si. The van der Waals surface area contributed by atoms with Gasteiger partial charge in [0.2, 0.25) is 0 Å². The number of nitrogens with zero attached hydrogens (tertiary/aromatic N) is 1. The molecule has 13 heavy (non-hydrogen) atoms. The van der Waals surface area contributed by atoms with E-state index in [1.807, 2.05) is 5.70 Å². The van der Waals surface area contributed by atoms with E-state index in [2.05, 4.69) is 19.7 Å². The fraction of sp³-hybridized carbons (Fsp3) is 0.333. The fourth-order valence-electron chi connectivity index (χ4n) is 0.629. The van der Waals surface area contributed by atoms with Crippen molar-refractivity contribution in [2.24, 2.45) is 0 Å². The molecule has 0 amide bonds. The second-order valence-electron chi connectivity index (χ2n) is 3.43. The third-order valence-electron chi connectivity index (χ3n) is 1.74. The molecule has 0 radical (unpaired) electrons. The molecule has 0 aromatic heterocycles. The number of hydrogen-bond donors (Lipinski definition) is 1. The number of carbonyl (C=O) groups is 1. The third-order valence-corrected chi connectivity index (χ3v) is 4.10. The molecule has 1 N–H and O–H groups in total. The summed E-state index contributed by atoms with van der Waals surface area (Å²) in [7, 11) is -1.53. The van der Waals surface area contributed by atoms with E-state index in [-0.39, 0.29) is 5.57 Å². The van der Waals surface area contributed by atoms with Crippen molar-refractivity contribution in [2.75, 3.05) is 0 Å². The Kier molecular flexibility index (Phi) is 4.15. The molecule has 70 valence electrons. The average molecular weight is 195 g/mol. The van der Waals surface area contributed by atoms with Gasteiger partial charge < -0.3 is 5.11 Å². The standard InChI is InChI=1S/C9H13NO2Si/c1-4-13(2,3)6-5-8(7-10)9(11)12/h4-5H,1,6H2,2-3H3,(H,11,12). The van der Waals surface area contributed by atoms with Crippen molar-refractivity contribution in [1.29, 1.82) is 5.26 Å². The van der Waals surface area contributed by atoms with Crippen LogP contribution in [-0.4, -0.2) is 19.1 Å². The van der Waals surface area contributed by atoms with E-state index in [1.54, 1.807) is 6.07 Å². The van der Waals surface area contributed by atoms with Crippen LogP contribution in [0.15, 0.2) is 23.9 Å². The number of aliphatic carboxylic acids is 1. The SMILES string of the molecule is C=C[Si](C)(C)CC=C(C#N)C(=O)O. The summed E-state index contributed by atoms with van der Waals surface area (Å²) in [5.41, 5.74) is 1.70.